The van der Waals surface area contributed by atoms with Crippen molar-refractivity contribution in [2.24, 2.45) is 11.7 Å². The van der Waals surface area contributed by atoms with Gasteiger partial charge in [-0.1, -0.05) is 43.2 Å². The van der Waals surface area contributed by atoms with Crippen LogP contribution in [-0.2, 0) is 4.79 Å². The number of primary amides is 1. The fourth-order valence-corrected chi connectivity index (χ4v) is 4.35. The molecule has 3 rings (SSSR count). The topological polar surface area (TPSA) is 139 Å². The van der Waals surface area contributed by atoms with Gasteiger partial charge in [-0.3, -0.25) is 4.79 Å². The smallest absolute Gasteiger partial charge is 0.227 e. The van der Waals surface area contributed by atoms with E-state index in [2.05, 4.69) is 11.1 Å². The zero-order valence-electron chi connectivity index (χ0n) is 16.6. The van der Waals surface area contributed by atoms with Crippen LogP contribution >= 0.6 is 11.8 Å². The molecular weight excluding hydrogens is 398 g/mol. The lowest BCUT2D eigenvalue weighted by Crippen LogP contribution is -2.15. The van der Waals surface area contributed by atoms with Crippen LogP contribution < -0.4 is 16.2 Å². The van der Waals surface area contributed by atoms with E-state index < -0.39 is 5.91 Å². The summed E-state index contributed by atoms with van der Waals surface area (Å²) in [4.78, 5) is 15.3. The molecule has 0 saturated heterocycles. The number of carbonyl (C=O) groups excluding carboxylic acids is 1. The SMILES string of the molecule is N#Cc1c(N)nc(SCC(N)=O)c(C#N)c1-c1ccc(OCC2CCCCC2)cc1. The Kier molecular flexibility index (Phi) is 7.16. The Morgan fingerprint density at radius 1 is 1.13 bits per heavy atom. The maximum absolute atomic E-state index is 11.1. The Hall–Kier alpha value is -3.23. The number of nitrogens with zero attached hydrogens (tertiary/aromatic N) is 3. The third kappa shape index (κ3) is 5.03. The molecule has 1 fully saturated rings. The van der Waals surface area contributed by atoms with Crippen LogP contribution in [0.25, 0.3) is 11.1 Å². The number of rotatable bonds is 7. The highest BCUT2D eigenvalue weighted by molar-refractivity contribution is 8.00. The highest BCUT2D eigenvalue weighted by Crippen LogP contribution is 2.36. The molecule has 1 aromatic carbocycles. The average Bonchev–Trinajstić information content (AvgIpc) is 2.76. The van der Waals surface area contributed by atoms with Crippen molar-refractivity contribution in [3.05, 3.63) is 35.4 Å². The van der Waals surface area contributed by atoms with Gasteiger partial charge in [0, 0.05) is 5.56 Å². The van der Waals surface area contributed by atoms with Crippen molar-refractivity contribution in [3.8, 4) is 29.0 Å². The zero-order chi connectivity index (χ0) is 21.5. The molecule has 0 spiro atoms. The number of nitrogen functional groups attached to an aromatic ring is 1. The van der Waals surface area contributed by atoms with Gasteiger partial charge >= 0.3 is 0 Å². The van der Waals surface area contributed by atoms with E-state index in [0.717, 1.165) is 17.5 Å². The third-order valence-electron chi connectivity index (χ3n) is 5.12. The van der Waals surface area contributed by atoms with Crippen molar-refractivity contribution in [3.63, 3.8) is 0 Å². The average molecular weight is 422 g/mol. The fourth-order valence-electron chi connectivity index (χ4n) is 3.62. The van der Waals surface area contributed by atoms with Gasteiger partial charge in [0.2, 0.25) is 5.91 Å². The molecule has 4 N–H and O–H groups in total. The van der Waals surface area contributed by atoms with Gasteiger partial charge < -0.3 is 16.2 Å². The van der Waals surface area contributed by atoms with Crippen molar-refractivity contribution in [2.45, 2.75) is 37.1 Å². The molecule has 1 amide bonds. The normalized spacial score (nSPS) is 13.9. The lowest BCUT2D eigenvalue weighted by molar-refractivity contribution is -0.115. The largest absolute Gasteiger partial charge is 0.493 e. The van der Waals surface area contributed by atoms with Crippen molar-refractivity contribution < 1.29 is 9.53 Å². The first-order valence-corrected chi connectivity index (χ1v) is 10.8. The number of nitrogens with two attached hydrogens (primary N) is 2. The van der Waals surface area contributed by atoms with Gasteiger partial charge in [-0.2, -0.15) is 10.5 Å². The number of anilines is 1. The molecule has 1 saturated carbocycles. The Bertz CT molecular complexity index is 1000. The van der Waals surface area contributed by atoms with Gasteiger partial charge in [0.05, 0.1) is 17.9 Å². The van der Waals surface area contributed by atoms with Gasteiger partial charge in [0.1, 0.15) is 34.3 Å². The fraction of sp³-hybridized carbons (Fsp3) is 0.364. The van der Waals surface area contributed by atoms with Crippen LogP contribution in [0.5, 0.6) is 5.75 Å². The summed E-state index contributed by atoms with van der Waals surface area (Å²) in [6.45, 7) is 0.697. The number of hydrogen-bond acceptors (Lipinski definition) is 7. The molecule has 0 atom stereocenters. The van der Waals surface area contributed by atoms with E-state index >= 15 is 0 Å². The van der Waals surface area contributed by atoms with E-state index in [1.54, 1.807) is 12.1 Å². The number of aromatic nitrogens is 1. The maximum atomic E-state index is 11.1. The number of pyridine rings is 1. The first-order chi connectivity index (χ1) is 14.5. The standard InChI is InChI=1S/C22H23N5O2S/c23-10-17-20(18(11-24)22(27-21(17)26)30-13-19(25)28)15-6-8-16(9-7-15)29-12-14-4-2-1-3-5-14/h6-9,14H,1-5,12-13H2,(H2,25,28)(H2,26,27). The monoisotopic (exact) mass is 421 g/mol. The van der Waals surface area contributed by atoms with E-state index in [0.29, 0.717) is 23.7 Å². The first kappa shape index (κ1) is 21.5. The Morgan fingerprint density at radius 2 is 1.80 bits per heavy atom. The molecule has 1 heterocycles. The maximum Gasteiger partial charge on any atom is 0.227 e. The van der Waals surface area contributed by atoms with Gasteiger partial charge in [-0.15, -0.1) is 0 Å². The van der Waals surface area contributed by atoms with E-state index in [1.165, 1.54) is 32.1 Å². The lowest BCUT2D eigenvalue weighted by Gasteiger charge is -2.21. The molecule has 1 aliphatic carbocycles. The molecule has 30 heavy (non-hydrogen) atoms. The van der Waals surface area contributed by atoms with Gasteiger partial charge in [-0.25, -0.2) is 4.98 Å². The summed E-state index contributed by atoms with van der Waals surface area (Å²) in [6.07, 6.45) is 6.25. The van der Waals surface area contributed by atoms with Crippen molar-refractivity contribution in [1.82, 2.24) is 4.98 Å². The predicted molar refractivity (Wildman–Crippen MR) is 116 cm³/mol. The summed E-state index contributed by atoms with van der Waals surface area (Å²) >= 11 is 1.03. The van der Waals surface area contributed by atoms with Crippen LogP contribution in [0.4, 0.5) is 5.82 Å². The highest BCUT2D eigenvalue weighted by Gasteiger charge is 2.21. The van der Waals surface area contributed by atoms with Crippen LogP contribution in [0.1, 0.15) is 43.2 Å². The van der Waals surface area contributed by atoms with Crippen molar-refractivity contribution >= 4 is 23.5 Å². The van der Waals surface area contributed by atoms with Crippen LogP contribution in [0.2, 0.25) is 0 Å². The van der Waals surface area contributed by atoms with E-state index in [9.17, 15) is 15.3 Å². The summed E-state index contributed by atoms with van der Waals surface area (Å²) in [7, 11) is 0. The van der Waals surface area contributed by atoms with E-state index in [-0.39, 0.29) is 27.7 Å². The molecule has 8 heteroatoms. The Labute approximate surface area is 180 Å². The molecule has 2 aromatic rings. The number of thioether (sulfide) groups is 1. The molecule has 0 bridgehead atoms. The molecule has 7 nitrogen and oxygen atoms in total. The molecule has 0 unspecified atom stereocenters. The number of carbonyl (C=O) groups is 1. The number of benzene rings is 1. The molecule has 154 valence electrons. The minimum atomic E-state index is -0.533. The summed E-state index contributed by atoms with van der Waals surface area (Å²) in [5.74, 6) is 0.775. The summed E-state index contributed by atoms with van der Waals surface area (Å²) in [5, 5.41) is 19.6. The van der Waals surface area contributed by atoms with Gasteiger partial charge in [0.25, 0.3) is 0 Å². The minimum absolute atomic E-state index is 0.0103. The second-order valence-electron chi connectivity index (χ2n) is 7.25. The van der Waals surface area contributed by atoms with Crippen LogP contribution in [0.15, 0.2) is 29.3 Å². The summed E-state index contributed by atoms with van der Waals surface area (Å²) < 4.78 is 5.94. The van der Waals surface area contributed by atoms with E-state index in [4.69, 9.17) is 16.2 Å². The number of hydrogen-bond donors (Lipinski definition) is 2. The zero-order valence-corrected chi connectivity index (χ0v) is 17.4. The van der Waals surface area contributed by atoms with Crippen LogP contribution in [0, 0.1) is 28.6 Å². The van der Waals surface area contributed by atoms with Crippen LogP contribution in [0.3, 0.4) is 0 Å². The van der Waals surface area contributed by atoms with Crippen LogP contribution in [-0.4, -0.2) is 23.3 Å². The predicted octanol–water partition coefficient (Wildman–Crippen LogP) is 3.61. The number of nitriles is 2. The van der Waals surface area contributed by atoms with Crippen molar-refractivity contribution in [2.75, 3.05) is 18.1 Å². The molecule has 1 aromatic heterocycles. The Morgan fingerprint density at radius 3 is 2.40 bits per heavy atom. The molecule has 0 aliphatic heterocycles. The number of ether oxygens (including phenoxy) is 1. The minimum Gasteiger partial charge on any atom is -0.493 e. The summed E-state index contributed by atoms with van der Waals surface area (Å²) in [6, 6.07) is 11.4. The highest BCUT2D eigenvalue weighted by atomic mass is 32.2. The summed E-state index contributed by atoms with van der Waals surface area (Å²) in [5.41, 5.74) is 12.6. The lowest BCUT2D eigenvalue weighted by atomic mass is 9.90. The molecule has 1 aliphatic rings. The second kappa shape index (κ2) is 10.00. The first-order valence-electron chi connectivity index (χ1n) is 9.81. The Balaban J connectivity index is 1.88. The molecule has 0 radical (unpaired) electrons. The van der Waals surface area contributed by atoms with E-state index in [1.807, 2.05) is 18.2 Å². The molecular formula is C22H23N5O2S. The number of amides is 1. The van der Waals surface area contributed by atoms with Gasteiger partial charge in [0.15, 0.2) is 0 Å². The van der Waals surface area contributed by atoms with Gasteiger partial charge in [-0.05, 0) is 36.5 Å². The van der Waals surface area contributed by atoms with Crippen molar-refractivity contribution in [1.29, 1.82) is 10.5 Å². The quantitative estimate of drug-likeness (QED) is 0.651. The second-order valence-corrected chi connectivity index (χ2v) is 8.21. The third-order valence-corrected chi connectivity index (χ3v) is 6.12.